The van der Waals surface area contributed by atoms with Crippen LogP contribution in [-0.4, -0.2) is 68.7 Å². The minimum Gasteiger partial charge on any atom is -0.497 e. The van der Waals surface area contributed by atoms with Gasteiger partial charge in [-0.3, -0.25) is 19.3 Å². The average molecular weight is 479 g/mol. The molecule has 3 aliphatic heterocycles. The summed E-state index contributed by atoms with van der Waals surface area (Å²) in [6.45, 7) is 2.59. The van der Waals surface area contributed by atoms with Crippen LogP contribution >= 0.6 is 0 Å². The van der Waals surface area contributed by atoms with Crippen molar-refractivity contribution in [1.82, 2.24) is 10.2 Å². The normalized spacial score (nSPS) is 21.2. The highest BCUT2D eigenvalue weighted by Gasteiger charge is 2.38. The number of fused-ring (bicyclic) bond motifs is 1. The van der Waals surface area contributed by atoms with Gasteiger partial charge in [-0.2, -0.15) is 0 Å². The number of nitrogens with one attached hydrogen (secondary N) is 1. The number of amides is 3. The molecular weight excluding hydrogens is 448 g/mol. The Bertz CT molecular complexity index is 1120. The Labute approximate surface area is 204 Å². The van der Waals surface area contributed by atoms with Crippen LogP contribution in [0.4, 0.5) is 0 Å². The number of benzene rings is 2. The molecule has 184 valence electrons. The van der Waals surface area contributed by atoms with Gasteiger partial charge in [0.2, 0.25) is 0 Å². The van der Waals surface area contributed by atoms with E-state index in [2.05, 4.69) is 5.32 Å². The van der Waals surface area contributed by atoms with E-state index in [0.29, 0.717) is 37.5 Å². The average Bonchev–Trinajstić information content (AvgIpc) is 3.50. The Kier molecular flexibility index (Phi) is 6.58. The summed E-state index contributed by atoms with van der Waals surface area (Å²) in [5.74, 6) is -0.182. The maximum atomic E-state index is 13.1. The molecule has 0 saturated carbocycles. The summed E-state index contributed by atoms with van der Waals surface area (Å²) in [6, 6.07) is 12.7. The van der Waals surface area contributed by atoms with Crippen molar-refractivity contribution in [2.24, 2.45) is 0 Å². The number of imide groups is 1. The van der Waals surface area contributed by atoms with Gasteiger partial charge in [0.15, 0.2) is 0 Å². The van der Waals surface area contributed by atoms with Gasteiger partial charge >= 0.3 is 0 Å². The molecule has 0 radical (unpaired) electrons. The number of methoxy groups -OCH3 is 1. The first kappa shape index (κ1) is 23.5. The van der Waals surface area contributed by atoms with Crippen molar-refractivity contribution in [3.63, 3.8) is 0 Å². The summed E-state index contributed by atoms with van der Waals surface area (Å²) < 4.78 is 16.5. The van der Waals surface area contributed by atoms with Crippen LogP contribution in [-0.2, 0) is 14.9 Å². The Morgan fingerprint density at radius 2 is 1.80 bits per heavy atom. The van der Waals surface area contributed by atoms with Crippen LogP contribution in [0.15, 0.2) is 42.5 Å². The smallest absolute Gasteiger partial charge is 0.261 e. The molecule has 2 saturated heterocycles. The standard InChI is InChI=1S/C27H30N2O6/c1-33-20-7-5-19(6-8-20)27(10-13-34-14-11-27)17-28-24(30)18-4-9-22-23(15-18)26(32)29(25(22)31)16-21-3-2-12-35-21/h4-9,15,21H,2-3,10-14,16-17H2,1H3,(H,28,30). The minimum absolute atomic E-state index is 0.117. The second kappa shape index (κ2) is 9.79. The van der Waals surface area contributed by atoms with Crippen molar-refractivity contribution in [3.05, 3.63) is 64.7 Å². The lowest BCUT2D eigenvalue weighted by Gasteiger charge is -2.38. The van der Waals surface area contributed by atoms with Crippen LogP contribution in [0.5, 0.6) is 5.75 Å². The summed E-state index contributed by atoms with van der Waals surface area (Å²) in [6.07, 6.45) is 3.22. The molecule has 2 aromatic rings. The molecule has 2 fully saturated rings. The lowest BCUT2D eigenvalue weighted by Crippen LogP contribution is -2.44. The second-order valence-electron chi connectivity index (χ2n) is 9.42. The maximum absolute atomic E-state index is 13.1. The van der Waals surface area contributed by atoms with E-state index in [4.69, 9.17) is 14.2 Å². The van der Waals surface area contributed by atoms with Crippen LogP contribution < -0.4 is 10.1 Å². The van der Waals surface area contributed by atoms with Crippen LogP contribution in [0.2, 0.25) is 0 Å². The predicted octanol–water partition coefficient (Wildman–Crippen LogP) is 2.95. The molecule has 0 spiro atoms. The molecule has 0 aromatic heterocycles. The first-order valence-corrected chi connectivity index (χ1v) is 12.1. The van der Waals surface area contributed by atoms with E-state index in [0.717, 1.165) is 37.0 Å². The van der Waals surface area contributed by atoms with Crippen LogP contribution in [0.1, 0.15) is 62.3 Å². The van der Waals surface area contributed by atoms with E-state index in [-0.39, 0.29) is 41.3 Å². The summed E-state index contributed by atoms with van der Waals surface area (Å²) in [7, 11) is 1.64. The van der Waals surface area contributed by atoms with Gasteiger partial charge in [-0.25, -0.2) is 0 Å². The fourth-order valence-electron chi connectivity index (χ4n) is 5.22. The van der Waals surface area contributed by atoms with Crippen LogP contribution in [0.3, 0.4) is 0 Å². The van der Waals surface area contributed by atoms with E-state index in [1.54, 1.807) is 19.2 Å². The topological polar surface area (TPSA) is 94.2 Å². The summed E-state index contributed by atoms with van der Waals surface area (Å²) in [4.78, 5) is 40.1. The second-order valence-corrected chi connectivity index (χ2v) is 9.42. The first-order chi connectivity index (χ1) is 17.0. The van der Waals surface area contributed by atoms with Gasteiger partial charge in [-0.1, -0.05) is 12.1 Å². The SMILES string of the molecule is COc1ccc(C2(CNC(=O)c3ccc4c(c3)C(=O)N(CC3CCCO3)C4=O)CCOCC2)cc1. The van der Waals surface area contributed by atoms with E-state index in [1.807, 2.05) is 24.3 Å². The van der Waals surface area contributed by atoms with E-state index >= 15 is 0 Å². The predicted molar refractivity (Wildman–Crippen MR) is 128 cm³/mol. The van der Waals surface area contributed by atoms with Crippen molar-refractivity contribution in [2.45, 2.75) is 37.2 Å². The molecule has 1 unspecified atom stereocenters. The van der Waals surface area contributed by atoms with Crippen molar-refractivity contribution >= 4 is 17.7 Å². The molecule has 8 nitrogen and oxygen atoms in total. The van der Waals surface area contributed by atoms with Crippen molar-refractivity contribution in [1.29, 1.82) is 0 Å². The molecule has 3 amide bonds. The molecular formula is C27H30N2O6. The monoisotopic (exact) mass is 478 g/mol. The zero-order valence-electron chi connectivity index (χ0n) is 19.9. The van der Waals surface area contributed by atoms with E-state index < -0.39 is 0 Å². The molecule has 0 aliphatic carbocycles. The third-order valence-electron chi connectivity index (χ3n) is 7.38. The van der Waals surface area contributed by atoms with Gasteiger partial charge in [0.1, 0.15) is 5.75 Å². The Morgan fingerprint density at radius 3 is 2.49 bits per heavy atom. The molecule has 3 aliphatic rings. The van der Waals surface area contributed by atoms with Gasteiger partial charge < -0.3 is 19.5 Å². The van der Waals surface area contributed by atoms with Crippen molar-refractivity contribution in [2.75, 3.05) is 40.0 Å². The number of carbonyl (C=O) groups excluding carboxylic acids is 3. The highest BCUT2D eigenvalue weighted by atomic mass is 16.5. The van der Waals surface area contributed by atoms with Crippen molar-refractivity contribution in [3.8, 4) is 5.75 Å². The number of nitrogens with zero attached hydrogens (tertiary/aromatic N) is 1. The lowest BCUT2D eigenvalue weighted by molar-refractivity contribution is 0.0475. The van der Waals surface area contributed by atoms with E-state index in [9.17, 15) is 14.4 Å². The molecule has 1 atom stereocenters. The number of hydrogen-bond acceptors (Lipinski definition) is 6. The third kappa shape index (κ3) is 4.56. The fourth-order valence-corrected chi connectivity index (χ4v) is 5.22. The molecule has 2 aromatic carbocycles. The highest BCUT2D eigenvalue weighted by Crippen LogP contribution is 2.35. The lowest BCUT2D eigenvalue weighted by atomic mass is 9.74. The zero-order valence-corrected chi connectivity index (χ0v) is 19.9. The van der Waals surface area contributed by atoms with Crippen molar-refractivity contribution < 1.29 is 28.6 Å². The molecule has 8 heteroatoms. The summed E-state index contributed by atoms with van der Waals surface area (Å²) in [5.41, 5.74) is 1.85. The molecule has 1 N–H and O–H groups in total. The fraction of sp³-hybridized carbons (Fsp3) is 0.444. The number of rotatable bonds is 7. The zero-order chi connectivity index (χ0) is 24.4. The molecule has 35 heavy (non-hydrogen) atoms. The Morgan fingerprint density at radius 1 is 1.06 bits per heavy atom. The maximum Gasteiger partial charge on any atom is 0.261 e. The summed E-state index contributed by atoms with van der Waals surface area (Å²) in [5, 5.41) is 3.07. The number of carbonyl (C=O) groups is 3. The largest absolute Gasteiger partial charge is 0.497 e. The number of ether oxygens (including phenoxy) is 3. The van der Waals surface area contributed by atoms with Gasteiger partial charge in [-0.15, -0.1) is 0 Å². The van der Waals surface area contributed by atoms with Gasteiger partial charge in [-0.05, 0) is 61.6 Å². The molecule has 0 bridgehead atoms. The van der Waals surface area contributed by atoms with Gasteiger partial charge in [0.05, 0.1) is 30.9 Å². The van der Waals surface area contributed by atoms with Gasteiger partial charge in [0.25, 0.3) is 17.7 Å². The van der Waals surface area contributed by atoms with E-state index in [1.165, 1.54) is 11.0 Å². The highest BCUT2D eigenvalue weighted by molar-refractivity contribution is 6.22. The molecule has 3 heterocycles. The van der Waals surface area contributed by atoms with Crippen LogP contribution in [0, 0.1) is 0 Å². The number of hydrogen-bond donors (Lipinski definition) is 1. The Balaban J connectivity index is 1.30. The van der Waals surface area contributed by atoms with Gasteiger partial charge in [0, 0.05) is 37.3 Å². The molecule has 5 rings (SSSR count). The van der Waals surface area contributed by atoms with Crippen LogP contribution in [0.25, 0.3) is 0 Å². The first-order valence-electron chi connectivity index (χ1n) is 12.1. The minimum atomic E-state index is -0.366. The Hall–Kier alpha value is -3.23. The third-order valence-corrected chi connectivity index (χ3v) is 7.38. The quantitative estimate of drug-likeness (QED) is 0.615. The summed E-state index contributed by atoms with van der Waals surface area (Å²) >= 11 is 0.